The number of benzene rings is 1. The van der Waals surface area contributed by atoms with Gasteiger partial charge in [-0.3, -0.25) is 4.98 Å². The first-order valence-electron chi connectivity index (χ1n) is 7.67. The van der Waals surface area contributed by atoms with Gasteiger partial charge in [0.2, 0.25) is 0 Å². The third-order valence-corrected chi connectivity index (χ3v) is 4.13. The molecule has 0 aliphatic carbocycles. The number of rotatable bonds is 6. The van der Waals surface area contributed by atoms with Crippen molar-refractivity contribution in [1.82, 2.24) is 4.98 Å². The van der Waals surface area contributed by atoms with Gasteiger partial charge in [0.15, 0.2) is 0 Å². The van der Waals surface area contributed by atoms with Crippen LogP contribution in [0.1, 0.15) is 49.4 Å². The topological polar surface area (TPSA) is 12.9 Å². The minimum atomic E-state index is 0.513. The maximum absolute atomic E-state index is 4.68. The van der Waals surface area contributed by atoms with E-state index >= 15 is 0 Å². The van der Waals surface area contributed by atoms with E-state index in [0.29, 0.717) is 11.8 Å². The molecule has 1 nitrogen and oxygen atoms in total. The van der Waals surface area contributed by atoms with E-state index in [0.717, 1.165) is 6.42 Å². The number of pyridine rings is 1. The van der Waals surface area contributed by atoms with Crippen molar-refractivity contribution in [3.05, 3.63) is 65.5 Å². The maximum Gasteiger partial charge on any atom is 0.0469 e. The van der Waals surface area contributed by atoms with Gasteiger partial charge >= 0.3 is 0 Å². The molecule has 0 bridgehead atoms. The maximum atomic E-state index is 4.68. The van der Waals surface area contributed by atoms with Crippen LogP contribution in [0.25, 0.3) is 0 Å². The zero-order valence-electron chi connectivity index (χ0n) is 12.8. The number of aromatic nitrogens is 1. The first-order chi connectivity index (χ1) is 9.72. The quantitative estimate of drug-likeness (QED) is 0.705. The fourth-order valence-electron chi connectivity index (χ4n) is 2.98. The predicted octanol–water partition coefficient (Wildman–Crippen LogP) is 5.15. The molecule has 0 fully saturated rings. The molecule has 1 heteroatoms. The van der Waals surface area contributed by atoms with E-state index in [2.05, 4.69) is 62.2 Å². The molecule has 2 unspecified atom stereocenters. The van der Waals surface area contributed by atoms with E-state index in [1.807, 2.05) is 12.3 Å². The van der Waals surface area contributed by atoms with E-state index in [4.69, 9.17) is 0 Å². The first-order valence-corrected chi connectivity index (χ1v) is 7.67. The predicted molar refractivity (Wildman–Crippen MR) is 85.9 cm³/mol. The Balaban J connectivity index is 2.28. The van der Waals surface area contributed by atoms with Crippen LogP contribution < -0.4 is 0 Å². The Hall–Kier alpha value is -1.63. The summed E-state index contributed by atoms with van der Waals surface area (Å²) in [6.45, 7) is 6.81. The molecule has 0 saturated carbocycles. The first kappa shape index (κ1) is 14.8. The van der Waals surface area contributed by atoms with Gasteiger partial charge in [-0.05, 0) is 36.5 Å². The van der Waals surface area contributed by atoms with Crippen LogP contribution in [0.4, 0.5) is 0 Å². The second-order valence-electron chi connectivity index (χ2n) is 5.77. The van der Waals surface area contributed by atoms with E-state index in [1.54, 1.807) is 0 Å². The zero-order chi connectivity index (χ0) is 14.4. The average Bonchev–Trinajstić information content (AvgIpc) is 2.47. The molecule has 20 heavy (non-hydrogen) atoms. The summed E-state index contributed by atoms with van der Waals surface area (Å²) < 4.78 is 0. The summed E-state index contributed by atoms with van der Waals surface area (Å²) in [5.41, 5.74) is 4.00. The molecule has 0 spiro atoms. The molecular weight excluding hydrogens is 242 g/mol. The fourth-order valence-corrected chi connectivity index (χ4v) is 2.98. The summed E-state index contributed by atoms with van der Waals surface area (Å²) in [7, 11) is 0. The van der Waals surface area contributed by atoms with Crippen molar-refractivity contribution >= 4 is 0 Å². The smallest absolute Gasteiger partial charge is 0.0469 e. The summed E-state index contributed by atoms with van der Waals surface area (Å²) in [5, 5.41) is 0. The minimum absolute atomic E-state index is 0.513. The number of aryl methyl sites for hydroxylation is 1. The Morgan fingerprint density at radius 2 is 1.80 bits per heavy atom. The van der Waals surface area contributed by atoms with Crippen LogP contribution >= 0.6 is 0 Å². The molecule has 0 aliphatic heterocycles. The fraction of sp³-hybridized carbons (Fsp3) is 0.421. The zero-order valence-corrected chi connectivity index (χ0v) is 12.8. The second-order valence-corrected chi connectivity index (χ2v) is 5.77. The Bertz CT molecular complexity index is 518. The molecule has 2 rings (SSSR count). The highest BCUT2D eigenvalue weighted by molar-refractivity contribution is 5.26. The van der Waals surface area contributed by atoms with Crippen LogP contribution in [0.2, 0.25) is 0 Å². The molecule has 0 radical (unpaired) electrons. The third kappa shape index (κ3) is 3.69. The van der Waals surface area contributed by atoms with Crippen LogP contribution in [-0.4, -0.2) is 4.98 Å². The lowest BCUT2D eigenvalue weighted by Gasteiger charge is -2.25. The molecule has 1 aromatic heterocycles. The summed E-state index contributed by atoms with van der Waals surface area (Å²) in [4.78, 5) is 4.68. The van der Waals surface area contributed by atoms with Gasteiger partial charge < -0.3 is 0 Å². The highest BCUT2D eigenvalue weighted by atomic mass is 14.7. The van der Waals surface area contributed by atoms with Gasteiger partial charge in [0, 0.05) is 17.8 Å². The van der Waals surface area contributed by atoms with Crippen LogP contribution in [0.3, 0.4) is 0 Å². The van der Waals surface area contributed by atoms with Crippen LogP contribution in [0, 0.1) is 12.8 Å². The van der Waals surface area contributed by atoms with E-state index < -0.39 is 0 Å². The van der Waals surface area contributed by atoms with E-state index in [1.165, 1.54) is 29.7 Å². The lowest BCUT2D eigenvalue weighted by Crippen LogP contribution is -2.15. The molecule has 0 N–H and O–H groups in total. The molecular formula is C19H25N. The molecule has 2 atom stereocenters. The molecule has 2 aromatic rings. The van der Waals surface area contributed by atoms with Crippen LogP contribution in [-0.2, 0) is 6.42 Å². The van der Waals surface area contributed by atoms with Crippen molar-refractivity contribution in [3.63, 3.8) is 0 Å². The summed E-state index contributed by atoms with van der Waals surface area (Å²) in [6.07, 6.45) is 5.50. The van der Waals surface area contributed by atoms with Gasteiger partial charge in [0.05, 0.1) is 0 Å². The van der Waals surface area contributed by atoms with E-state index in [9.17, 15) is 0 Å². The minimum Gasteiger partial charge on any atom is -0.261 e. The van der Waals surface area contributed by atoms with Crippen LogP contribution in [0.5, 0.6) is 0 Å². The molecule has 1 heterocycles. The normalized spacial score (nSPS) is 13.9. The largest absolute Gasteiger partial charge is 0.261 e. The highest BCUT2D eigenvalue weighted by Gasteiger charge is 2.21. The Labute approximate surface area is 123 Å². The second kappa shape index (κ2) is 7.23. The van der Waals surface area contributed by atoms with Crippen molar-refractivity contribution in [3.8, 4) is 0 Å². The van der Waals surface area contributed by atoms with Gasteiger partial charge in [-0.15, -0.1) is 0 Å². The SMILES string of the molecule is CCCC(C)C(Cc1ccccc1)c1ncccc1C. The Morgan fingerprint density at radius 1 is 1.05 bits per heavy atom. The molecule has 106 valence electrons. The number of nitrogens with zero attached hydrogens (tertiary/aromatic N) is 1. The average molecular weight is 267 g/mol. The van der Waals surface area contributed by atoms with Crippen molar-refractivity contribution in [2.75, 3.05) is 0 Å². The number of hydrogen-bond donors (Lipinski definition) is 0. The molecule has 0 aliphatic rings. The van der Waals surface area contributed by atoms with E-state index in [-0.39, 0.29) is 0 Å². The molecule has 0 amide bonds. The number of hydrogen-bond acceptors (Lipinski definition) is 1. The summed E-state index contributed by atoms with van der Waals surface area (Å²) in [6, 6.07) is 15.0. The van der Waals surface area contributed by atoms with Crippen molar-refractivity contribution in [1.29, 1.82) is 0 Å². The summed E-state index contributed by atoms with van der Waals surface area (Å²) in [5.74, 6) is 1.17. The van der Waals surface area contributed by atoms with Gasteiger partial charge in [0.25, 0.3) is 0 Å². The van der Waals surface area contributed by atoms with Crippen molar-refractivity contribution < 1.29 is 0 Å². The molecule has 0 saturated heterocycles. The third-order valence-electron chi connectivity index (χ3n) is 4.13. The highest BCUT2D eigenvalue weighted by Crippen LogP contribution is 2.31. The van der Waals surface area contributed by atoms with Gasteiger partial charge in [0.1, 0.15) is 0 Å². The Kier molecular flexibility index (Phi) is 5.34. The van der Waals surface area contributed by atoms with Gasteiger partial charge in [-0.2, -0.15) is 0 Å². The molecule has 1 aromatic carbocycles. The monoisotopic (exact) mass is 267 g/mol. The lowest BCUT2D eigenvalue weighted by atomic mass is 9.81. The van der Waals surface area contributed by atoms with Gasteiger partial charge in [-0.1, -0.05) is 63.1 Å². The standard InChI is InChI=1S/C19H25N/c1-4-9-15(2)18(14-17-11-6-5-7-12-17)19-16(3)10-8-13-20-19/h5-8,10-13,15,18H,4,9,14H2,1-3H3. The van der Waals surface area contributed by atoms with Gasteiger partial charge in [-0.25, -0.2) is 0 Å². The lowest BCUT2D eigenvalue weighted by molar-refractivity contribution is 0.413. The van der Waals surface area contributed by atoms with Crippen molar-refractivity contribution in [2.24, 2.45) is 5.92 Å². The summed E-state index contributed by atoms with van der Waals surface area (Å²) >= 11 is 0. The van der Waals surface area contributed by atoms with Crippen molar-refractivity contribution in [2.45, 2.75) is 46.0 Å². The van der Waals surface area contributed by atoms with Crippen LogP contribution in [0.15, 0.2) is 48.7 Å². The Morgan fingerprint density at radius 3 is 2.45 bits per heavy atom.